The third kappa shape index (κ3) is 13.6. The minimum Gasteiger partial charge on any atom is -0.461 e. The second-order valence-electron chi connectivity index (χ2n) is 17.6. The quantitative estimate of drug-likeness (QED) is 0.0355. The predicted octanol–water partition coefficient (Wildman–Crippen LogP) is 8.34. The van der Waals surface area contributed by atoms with Crippen LogP contribution >= 0.6 is 15.6 Å². The number of para-hydroxylation sites is 1. The summed E-state index contributed by atoms with van der Waals surface area (Å²) in [5, 5.41) is 6.99. The fourth-order valence-corrected chi connectivity index (χ4v) is 9.81. The van der Waals surface area contributed by atoms with Gasteiger partial charge in [0.05, 0.1) is 37.4 Å². The molecule has 0 amide bonds. The molecule has 0 radical (unpaired) electrons. The number of anilines is 1. The van der Waals surface area contributed by atoms with Crippen molar-refractivity contribution < 1.29 is 65.1 Å². The number of ether oxygens (including phenoxy) is 4. The molecule has 68 heavy (non-hydrogen) atoms. The highest BCUT2D eigenvalue weighted by Gasteiger charge is 2.59. The van der Waals surface area contributed by atoms with Crippen molar-refractivity contribution in [2.45, 2.75) is 104 Å². The Kier molecular flexibility index (Phi) is 17.0. The predicted molar refractivity (Wildman–Crippen MR) is 248 cm³/mol. The normalized spacial score (nSPS) is 19.9. The Bertz CT molecular complexity index is 2540. The summed E-state index contributed by atoms with van der Waals surface area (Å²) in [6, 6.07) is 28.1. The van der Waals surface area contributed by atoms with Gasteiger partial charge in [0.1, 0.15) is 47.5 Å². The maximum absolute atomic E-state index is 14.9. The van der Waals surface area contributed by atoms with Crippen LogP contribution in [-0.2, 0) is 73.8 Å². The summed E-state index contributed by atoms with van der Waals surface area (Å²) in [6.45, 7) is 11.3. The highest BCUT2D eigenvalue weighted by Crippen LogP contribution is 2.54. The number of nitrogens with one attached hydrogen (secondary N) is 1. The zero-order valence-electron chi connectivity index (χ0n) is 39.2. The molecule has 2 aromatic heterocycles. The SMILES string of the molecule is CC(C)C(=O)O[C@H]1[C@H](c2ccc3c(N)ncnn23)O[C@](C)(COP(=O)(N[C@@H](C)C(=O)OCC(C)(C)OP(=O)(OCc2ccccc2)OCc2ccccc2)Oc2ccccc2)[C@H]1OC(=O)C(C)C. The van der Waals surface area contributed by atoms with E-state index >= 15 is 0 Å². The van der Waals surface area contributed by atoms with E-state index in [9.17, 15) is 23.5 Å². The van der Waals surface area contributed by atoms with Crippen LogP contribution < -0.4 is 15.3 Å². The van der Waals surface area contributed by atoms with E-state index in [-0.39, 0.29) is 24.8 Å². The number of benzene rings is 3. The number of aromatic nitrogens is 3. The van der Waals surface area contributed by atoms with Gasteiger partial charge in [-0.25, -0.2) is 18.6 Å². The van der Waals surface area contributed by atoms with E-state index in [1.165, 1.54) is 43.7 Å². The van der Waals surface area contributed by atoms with Crippen LogP contribution in [-0.4, -0.2) is 75.2 Å². The third-order valence-electron chi connectivity index (χ3n) is 10.4. The van der Waals surface area contributed by atoms with Crippen LogP contribution in [0.3, 0.4) is 0 Å². The number of esters is 3. The Hall–Kier alpha value is -5.49. The van der Waals surface area contributed by atoms with E-state index in [4.69, 9.17) is 47.3 Å². The van der Waals surface area contributed by atoms with E-state index in [0.717, 1.165) is 11.1 Å². The molecule has 0 bridgehead atoms. The van der Waals surface area contributed by atoms with Gasteiger partial charge < -0.3 is 29.2 Å². The first-order valence-electron chi connectivity index (χ1n) is 22.0. The van der Waals surface area contributed by atoms with Crippen molar-refractivity contribution in [3.8, 4) is 5.75 Å². The molecule has 1 unspecified atom stereocenters. The van der Waals surface area contributed by atoms with Crippen molar-refractivity contribution in [3.05, 3.63) is 126 Å². The highest BCUT2D eigenvalue weighted by molar-refractivity contribution is 7.52. The molecular formula is C47H59N5O14P2. The second kappa shape index (κ2) is 22.3. The Morgan fingerprint density at radius 2 is 1.35 bits per heavy atom. The number of phosphoric acid groups is 1. The molecule has 1 aliphatic heterocycles. The minimum absolute atomic E-state index is 0.0940. The molecule has 1 aliphatic rings. The zero-order valence-corrected chi connectivity index (χ0v) is 41.0. The van der Waals surface area contributed by atoms with Crippen molar-refractivity contribution in [1.29, 1.82) is 0 Å². The molecule has 3 heterocycles. The van der Waals surface area contributed by atoms with Gasteiger partial charge in [-0.15, -0.1) is 0 Å². The number of nitrogens with two attached hydrogens (primary N) is 1. The molecule has 1 saturated heterocycles. The Balaban J connectivity index is 1.22. The first-order chi connectivity index (χ1) is 32.2. The van der Waals surface area contributed by atoms with Crippen LogP contribution in [0.15, 0.2) is 109 Å². The highest BCUT2D eigenvalue weighted by atomic mass is 31.2. The third-order valence-corrected chi connectivity index (χ3v) is 13.6. The summed E-state index contributed by atoms with van der Waals surface area (Å²) in [5.41, 5.74) is 5.25. The molecule has 6 atom stereocenters. The van der Waals surface area contributed by atoms with Crippen molar-refractivity contribution in [2.24, 2.45) is 11.8 Å². The minimum atomic E-state index is -4.63. The summed E-state index contributed by atoms with van der Waals surface area (Å²) < 4.78 is 84.5. The number of hydrogen-bond donors (Lipinski definition) is 2. The Labute approximate surface area is 395 Å². The van der Waals surface area contributed by atoms with Crippen molar-refractivity contribution in [1.82, 2.24) is 19.7 Å². The molecule has 0 spiro atoms. The molecule has 21 heteroatoms. The van der Waals surface area contributed by atoms with E-state index < -0.39 is 94.1 Å². The second-order valence-corrected chi connectivity index (χ2v) is 20.9. The van der Waals surface area contributed by atoms with Gasteiger partial charge >= 0.3 is 33.5 Å². The van der Waals surface area contributed by atoms with E-state index in [1.54, 1.807) is 89.2 Å². The summed E-state index contributed by atoms with van der Waals surface area (Å²) in [6.07, 6.45) is -2.52. The molecule has 6 rings (SSSR count). The van der Waals surface area contributed by atoms with Gasteiger partial charge in [-0.2, -0.15) is 10.2 Å². The lowest BCUT2D eigenvalue weighted by Crippen LogP contribution is -2.49. The lowest BCUT2D eigenvalue weighted by molar-refractivity contribution is -0.175. The molecule has 1 fully saturated rings. The summed E-state index contributed by atoms with van der Waals surface area (Å²) in [7, 11) is -8.93. The number of hydrogen-bond acceptors (Lipinski definition) is 17. The first-order valence-corrected chi connectivity index (χ1v) is 25.0. The lowest BCUT2D eigenvalue weighted by atomic mass is 9.95. The Morgan fingerprint density at radius 3 is 1.93 bits per heavy atom. The molecular weight excluding hydrogens is 920 g/mol. The zero-order chi connectivity index (χ0) is 49.3. The van der Waals surface area contributed by atoms with Crippen LogP contribution in [0, 0.1) is 11.8 Å². The summed E-state index contributed by atoms with van der Waals surface area (Å²) in [5.74, 6) is -3.10. The monoisotopic (exact) mass is 979 g/mol. The number of carbonyl (C=O) groups excluding carboxylic acids is 3. The van der Waals surface area contributed by atoms with Gasteiger partial charge in [-0.1, -0.05) is 107 Å². The summed E-state index contributed by atoms with van der Waals surface area (Å²) in [4.78, 5) is 44.5. The fourth-order valence-electron chi connectivity index (χ4n) is 6.77. The number of nitrogen functional groups attached to an aromatic ring is 1. The van der Waals surface area contributed by atoms with Crippen LogP contribution in [0.25, 0.3) is 5.52 Å². The molecule has 0 saturated carbocycles. The van der Waals surface area contributed by atoms with E-state index in [1.807, 2.05) is 36.4 Å². The number of fused-ring (bicyclic) bond motifs is 1. The van der Waals surface area contributed by atoms with Crippen molar-refractivity contribution in [3.63, 3.8) is 0 Å². The van der Waals surface area contributed by atoms with Gasteiger partial charge in [0.15, 0.2) is 18.0 Å². The van der Waals surface area contributed by atoms with Crippen molar-refractivity contribution >= 4 is 44.8 Å². The van der Waals surface area contributed by atoms with Crippen LogP contribution in [0.4, 0.5) is 5.82 Å². The molecule has 5 aromatic rings. The van der Waals surface area contributed by atoms with E-state index in [2.05, 4.69) is 15.2 Å². The van der Waals surface area contributed by atoms with E-state index in [0.29, 0.717) is 11.2 Å². The van der Waals surface area contributed by atoms with Crippen LogP contribution in [0.2, 0.25) is 0 Å². The van der Waals surface area contributed by atoms with Gasteiger partial charge in [0, 0.05) is 0 Å². The van der Waals surface area contributed by atoms with Crippen molar-refractivity contribution in [2.75, 3.05) is 18.9 Å². The molecule has 3 N–H and O–H groups in total. The van der Waals surface area contributed by atoms with Gasteiger partial charge in [-0.3, -0.25) is 32.5 Å². The Morgan fingerprint density at radius 1 is 0.794 bits per heavy atom. The molecule has 19 nitrogen and oxygen atoms in total. The topological polar surface area (TPSA) is 237 Å². The largest absolute Gasteiger partial charge is 0.476 e. The fraction of sp³-hybridized carbons (Fsp3) is 0.426. The lowest BCUT2D eigenvalue weighted by Gasteiger charge is -2.33. The van der Waals surface area contributed by atoms with Crippen LogP contribution in [0.5, 0.6) is 5.75 Å². The number of phosphoric ester groups is 1. The average molecular weight is 980 g/mol. The number of carbonyl (C=O) groups is 3. The van der Waals surface area contributed by atoms with Gasteiger partial charge in [0.2, 0.25) is 0 Å². The van der Waals surface area contributed by atoms with Gasteiger partial charge in [0.25, 0.3) is 0 Å². The summed E-state index contributed by atoms with van der Waals surface area (Å²) >= 11 is 0. The molecule has 3 aromatic carbocycles. The first kappa shape index (κ1) is 51.9. The number of rotatable bonds is 23. The molecule has 0 aliphatic carbocycles. The average Bonchev–Trinajstić information content (AvgIpc) is 3.86. The van der Waals surface area contributed by atoms with Crippen LogP contribution in [0.1, 0.15) is 78.3 Å². The smallest absolute Gasteiger partial charge is 0.461 e. The number of nitrogens with zero attached hydrogens (tertiary/aromatic N) is 3. The standard InChI is InChI=1S/C47H59N5O14P2/c1-31(2)43(53)62-40-39(37-24-25-38-42(48)49-30-50-52(37)38)64-47(8,41(40)63-44(54)32(3)4)29-61-67(56,65-36-22-16-11-17-23-36)51-33(5)45(55)58-28-46(6,7)66-68(57,59-26-34-18-12-9-13-19-34)60-27-35-20-14-10-15-21-35/h9-25,30-33,39-41H,26-29H2,1-8H3,(H,51,56)(H2,48,49,50)/t33-,39-,40-,41-,47+,67?/m0/s1. The van der Waals surface area contributed by atoms with Gasteiger partial charge in [-0.05, 0) is 63.1 Å². The maximum Gasteiger partial charge on any atom is 0.476 e. The maximum atomic E-state index is 14.9. The molecule has 366 valence electrons.